The van der Waals surface area contributed by atoms with E-state index in [4.69, 9.17) is 4.74 Å². The fourth-order valence-electron chi connectivity index (χ4n) is 6.13. The first kappa shape index (κ1) is 26.9. The van der Waals surface area contributed by atoms with Crippen molar-refractivity contribution < 1.29 is 4.74 Å². The van der Waals surface area contributed by atoms with Crippen LogP contribution in [0.5, 0.6) is 0 Å². The van der Waals surface area contributed by atoms with Gasteiger partial charge in [0.25, 0.3) is 0 Å². The van der Waals surface area contributed by atoms with Gasteiger partial charge in [-0.3, -0.25) is 4.90 Å². The third-order valence-electron chi connectivity index (χ3n) is 7.87. The van der Waals surface area contributed by atoms with E-state index in [9.17, 15) is 0 Å². The second kappa shape index (κ2) is 12.0. The predicted molar refractivity (Wildman–Crippen MR) is 166 cm³/mol. The average Bonchev–Trinajstić information content (AvgIpc) is 3.52. The third kappa shape index (κ3) is 5.57. The Morgan fingerprint density at radius 2 is 1.23 bits per heavy atom. The molecule has 1 heterocycles. The van der Waals surface area contributed by atoms with Gasteiger partial charge in [0.2, 0.25) is 0 Å². The average molecular weight is 508 g/mol. The number of ether oxygens (including phenoxy) is 1. The number of morpholine rings is 1. The SMILES string of the molecule is CC1=Cc2c(-c3ccccc3)cccc2C1N1CCOCC1.CC1=Cc2c(cccc2-c2ccccc2)C1.[B]. The second-order valence-corrected chi connectivity index (χ2v) is 10.5. The van der Waals surface area contributed by atoms with Crippen LogP contribution in [0.4, 0.5) is 0 Å². The molecule has 1 unspecified atom stereocenters. The van der Waals surface area contributed by atoms with Gasteiger partial charge in [0.1, 0.15) is 0 Å². The summed E-state index contributed by atoms with van der Waals surface area (Å²) in [7, 11) is 0. The first-order valence-corrected chi connectivity index (χ1v) is 13.7. The normalized spacial score (nSPS) is 17.6. The fraction of sp³-hybridized carbons (Fsp3) is 0.222. The minimum absolute atomic E-state index is 0. The highest BCUT2D eigenvalue weighted by molar-refractivity contribution is 5.82. The molecule has 3 heteroatoms. The van der Waals surface area contributed by atoms with E-state index in [1.54, 1.807) is 0 Å². The summed E-state index contributed by atoms with van der Waals surface area (Å²) < 4.78 is 5.51. The number of fused-ring (bicyclic) bond motifs is 2. The van der Waals surface area contributed by atoms with Crippen LogP contribution in [0.2, 0.25) is 0 Å². The molecule has 7 rings (SSSR count). The molecule has 193 valence electrons. The van der Waals surface area contributed by atoms with Crippen molar-refractivity contribution in [3.63, 3.8) is 0 Å². The molecule has 2 aliphatic carbocycles. The highest BCUT2D eigenvalue weighted by Crippen LogP contribution is 2.42. The number of hydrogen-bond acceptors (Lipinski definition) is 2. The quantitative estimate of drug-likeness (QED) is 0.260. The van der Waals surface area contributed by atoms with Crippen molar-refractivity contribution in [3.05, 3.63) is 130 Å². The summed E-state index contributed by atoms with van der Waals surface area (Å²) in [5.41, 5.74) is 13.9. The van der Waals surface area contributed by atoms with Gasteiger partial charge in [0.05, 0.1) is 19.3 Å². The summed E-state index contributed by atoms with van der Waals surface area (Å²) in [5.74, 6) is 0. The van der Waals surface area contributed by atoms with Gasteiger partial charge in [0.15, 0.2) is 0 Å². The monoisotopic (exact) mass is 508 g/mol. The first-order chi connectivity index (χ1) is 18.7. The predicted octanol–water partition coefficient (Wildman–Crippen LogP) is 8.08. The molecule has 0 spiro atoms. The molecular weight excluding hydrogens is 473 g/mol. The second-order valence-electron chi connectivity index (χ2n) is 10.5. The molecule has 1 atom stereocenters. The minimum Gasteiger partial charge on any atom is -0.379 e. The summed E-state index contributed by atoms with van der Waals surface area (Å²) >= 11 is 0. The summed E-state index contributed by atoms with van der Waals surface area (Å²) in [6.07, 6.45) is 5.80. The van der Waals surface area contributed by atoms with Gasteiger partial charge in [0, 0.05) is 21.5 Å². The van der Waals surface area contributed by atoms with Crippen LogP contribution in [0.25, 0.3) is 34.4 Å². The summed E-state index contributed by atoms with van der Waals surface area (Å²) in [5, 5.41) is 0. The lowest BCUT2D eigenvalue weighted by Gasteiger charge is -2.34. The van der Waals surface area contributed by atoms with Crippen molar-refractivity contribution in [2.24, 2.45) is 0 Å². The molecule has 1 fully saturated rings. The molecule has 0 bridgehead atoms. The maximum absolute atomic E-state index is 5.51. The molecule has 0 N–H and O–H groups in total. The van der Waals surface area contributed by atoms with Crippen LogP contribution in [0.15, 0.2) is 108 Å². The van der Waals surface area contributed by atoms with Gasteiger partial charge in [-0.05, 0) is 64.8 Å². The molecule has 4 aromatic rings. The number of rotatable bonds is 3. The van der Waals surface area contributed by atoms with E-state index in [0.29, 0.717) is 6.04 Å². The van der Waals surface area contributed by atoms with Crippen LogP contribution in [-0.2, 0) is 11.2 Å². The van der Waals surface area contributed by atoms with Crippen LogP contribution in [0.1, 0.15) is 42.1 Å². The first-order valence-electron chi connectivity index (χ1n) is 13.7. The molecule has 39 heavy (non-hydrogen) atoms. The smallest absolute Gasteiger partial charge is 0.0594 e. The lowest BCUT2D eigenvalue weighted by molar-refractivity contribution is 0.0239. The topological polar surface area (TPSA) is 12.5 Å². The fourth-order valence-corrected chi connectivity index (χ4v) is 6.13. The molecule has 3 radical (unpaired) electrons. The van der Waals surface area contributed by atoms with E-state index in [0.717, 1.165) is 32.7 Å². The number of hydrogen-bond donors (Lipinski definition) is 0. The van der Waals surface area contributed by atoms with Crippen molar-refractivity contribution >= 4 is 20.6 Å². The maximum Gasteiger partial charge on any atom is 0.0594 e. The Labute approximate surface area is 235 Å². The van der Waals surface area contributed by atoms with E-state index in [-0.39, 0.29) is 8.41 Å². The van der Waals surface area contributed by atoms with Crippen molar-refractivity contribution in [1.29, 1.82) is 0 Å². The largest absolute Gasteiger partial charge is 0.379 e. The Morgan fingerprint density at radius 1 is 0.641 bits per heavy atom. The van der Waals surface area contributed by atoms with E-state index in [1.165, 1.54) is 55.7 Å². The molecule has 4 aromatic carbocycles. The Morgan fingerprint density at radius 3 is 1.87 bits per heavy atom. The number of allylic oxidation sites excluding steroid dienone is 1. The van der Waals surface area contributed by atoms with Crippen LogP contribution >= 0.6 is 0 Å². The lowest BCUT2D eigenvalue weighted by Crippen LogP contribution is -2.38. The van der Waals surface area contributed by atoms with Gasteiger partial charge in [-0.15, -0.1) is 0 Å². The molecule has 0 saturated carbocycles. The zero-order valence-electron chi connectivity index (χ0n) is 22.9. The minimum atomic E-state index is 0. The van der Waals surface area contributed by atoms with Crippen LogP contribution in [-0.4, -0.2) is 39.6 Å². The molecule has 0 amide bonds. The molecular formula is C36H35BNO. The van der Waals surface area contributed by atoms with E-state index >= 15 is 0 Å². The summed E-state index contributed by atoms with van der Waals surface area (Å²) in [6.45, 7) is 8.19. The van der Waals surface area contributed by atoms with Gasteiger partial charge in [-0.2, -0.15) is 0 Å². The lowest BCUT2D eigenvalue weighted by atomic mass is 9.95. The zero-order valence-corrected chi connectivity index (χ0v) is 22.9. The molecule has 3 aliphatic rings. The van der Waals surface area contributed by atoms with E-state index in [1.807, 2.05) is 0 Å². The Kier molecular flexibility index (Phi) is 8.31. The Balaban J connectivity index is 0.000000161. The van der Waals surface area contributed by atoms with Crippen LogP contribution in [0.3, 0.4) is 0 Å². The van der Waals surface area contributed by atoms with Crippen molar-refractivity contribution in [2.75, 3.05) is 26.3 Å². The van der Waals surface area contributed by atoms with Gasteiger partial charge in [-0.1, -0.05) is 120 Å². The summed E-state index contributed by atoms with van der Waals surface area (Å²) in [6, 6.07) is 35.0. The van der Waals surface area contributed by atoms with Crippen molar-refractivity contribution in [1.82, 2.24) is 4.90 Å². The number of nitrogens with zero attached hydrogens (tertiary/aromatic N) is 1. The molecule has 0 aromatic heterocycles. The highest BCUT2D eigenvalue weighted by atomic mass is 16.5. The van der Waals surface area contributed by atoms with E-state index in [2.05, 4.69) is 128 Å². The summed E-state index contributed by atoms with van der Waals surface area (Å²) in [4.78, 5) is 2.55. The maximum atomic E-state index is 5.51. The van der Waals surface area contributed by atoms with Crippen LogP contribution in [0, 0.1) is 0 Å². The molecule has 2 nitrogen and oxygen atoms in total. The zero-order chi connectivity index (χ0) is 25.9. The van der Waals surface area contributed by atoms with Crippen molar-refractivity contribution in [2.45, 2.75) is 26.3 Å². The third-order valence-corrected chi connectivity index (χ3v) is 7.87. The Bertz CT molecular complexity index is 1480. The highest BCUT2D eigenvalue weighted by Gasteiger charge is 2.30. The standard InChI is InChI=1S/C20H21NO.C16H14.B/c1-15-14-19-17(16-6-3-2-4-7-16)8-5-9-18(19)20(15)21-10-12-22-13-11-21;1-12-10-14-8-5-9-15(16(14)11-12)13-6-3-2-4-7-13;/h2-9,14,20H,10-13H2,1H3;2-9,11H,10H2,1H3;. The van der Waals surface area contributed by atoms with Gasteiger partial charge >= 0.3 is 0 Å². The Hall–Kier alpha value is -3.66. The van der Waals surface area contributed by atoms with Crippen molar-refractivity contribution in [3.8, 4) is 22.3 Å². The van der Waals surface area contributed by atoms with Crippen LogP contribution < -0.4 is 0 Å². The van der Waals surface area contributed by atoms with Gasteiger partial charge < -0.3 is 4.74 Å². The molecule has 1 aliphatic heterocycles. The van der Waals surface area contributed by atoms with E-state index < -0.39 is 0 Å². The number of benzene rings is 4. The van der Waals surface area contributed by atoms with Gasteiger partial charge in [-0.25, -0.2) is 0 Å². The molecule has 1 saturated heterocycles.